The Morgan fingerprint density at radius 2 is 1.97 bits per heavy atom. The average Bonchev–Trinajstić information content (AvgIpc) is 3.22. The molecule has 4 aromatic heterocycles. The first-order valence-corrected chi connectivity index (χ1v) is 11.1. The number of hydrogen-bond acceptors (Lipinski definition) is 9. The molecule has 6 rings (SSSR count). The van der Waals surface area contributed by atoms with Gasteiger partial charge in [0.2, 0.25) is 5.95 Å². The van der Waals surface area contributed by atoms with E-state index in [9.17, 15) is 8.78 Å². The van der Waals surface area contributed by atoms with Gasteiger partial charge in [-0.25, -0.2) is 23.3 Å². The van der Waals surface area contributed by atoms with Gasteiger partial charge in [-0.1, -0.05) is 0 Å². The fourth-order valence-corrected chi connectivity index (χ4v) is 4.52. The molecule has 0 bridgehead atoms. The van der Waals surface area contributed by atoms with E-state index >= 15 is 0 Å². The monoisotopic (exact) mass is 467 g/mol. The van der Waals surface area contributed by atoms with Crippen molar-refractivity contribution in [1.29, 1.82) is 0 Å². The van der Waals surface area contributed by atoms with E-state index < -0.39 is 12.0 Å². The van der Waals surface area contributed by atoms with E-state index in [2.05, 4.69) is 35.7 Å². The highest BCUT2D eigenvalue weighted by Gasteiger charge is 2.47. The summed E-state index contributed by atoms with van der Waals surface area (Å²) in [4.78, 5) is 19.5. The Labute approximate surface area is 193 Å². The Balaban J connectivity index is 1.30. The summed E-state index contributed by atoms with van der Waals surface area (Å²) < 4.78 is 36.6. The third kappa shape index (κ3) is 3.59. The van der Waals surface area contributed by atoms with Gasteiger partial charge in [0.05, 0.1) is 37.5 Å². The summed E-state index contributed by atoms with van der Waals surface area (Å²) in [7, 11) is 1.73. The lowest BCUT2D eigenvalue weighted by Crippen LogP contribution is -2.61. The van der Waals surface area contributed by atoms with Gasteiger partial charge in [-0.3, -0.25) is 9.88 Å². The van der Waals surface area contributed by atoms with E-state index in [1.165, 1.54) is 0 Å². The van der Waals surface area contributed by atoms with E-state index in [0.29, 0.717) is 54.4 Å². The lowest BCUT2D eigenvalue weighted by atomic mass is 9.98. The van der Waals surface area contributed by atoms with Gasteiger partial charge in [-0.15, -0.1) is 5.10 Å². The first-order chi connectivity index (χ1) is 16.5. The highest BCUT2D eigenvalue weighted by Crippen LogP contribution is 2.33. The molecule has 0 saturated carbocycles. The van der Waals surface area contributed by atoms with E-state index in [1.807, 2.05) is 23.1 Å². The summed E-state index contributed by atoms with van der Waals surface area (Å²) >= 11 is 0. The molecule has 4 aromatic rings. The first-order valence-electron chi connectivity index (χ1n) is 11.1. The van der Waals surface area contributed by atoms with Gasteiger partial charge >= 0.3 is 0 Å². The van der Waals surface area contributed by atoms with Gasteiger partial charge < -0.3 is 15.4 Å². The van der Waals surface area contributed by atoms with Crippen LogP contribution in [0.25, 0.3) is 27.9 Å². The number of aromatic nitrogens is 6. The minimum Gasteiger partial charge on any atom is -0.378 e. The highest BCUT2D eigenvalue weighted by molar-refractivity contribution is 5.89. The number of ether oxygens (including phenoxy) is 1. The van der Waals surface area contributed by atoms with Crippen LogP contribution in [0, 0.1) is 0 Å². The molecule has 1 atom stereocenters. The molecule has 0 spiro atoms. The SMILES string of the molecule is CNc1nc(N[C@H]2CCN(C3COC3)CC2(F)F)nn2ccc(-c3ccc4nccnc4n3)c12. The molecule has 2 N–H and O–H groups in total. The van der Waals surface area contributed by atoms with E-state index in [4.69, 9.17) is 4.74 Å². The summed E-state index contributed by atoms with van der Waals surface area (Å²) in [6.45, 7) is 1.32. The molecule has 6 heterocycles. The number of nitrogens with zero attached hydrogens (tertiary/aromatic N) is 7. The van der Waals surface area contributed by atoms with E-state index in [0.717, 1.165) is 5.56 Å². The Bertz CT molecular complexity index is 1360. The number of hydrogen-bond donors (Lipinski definition) is 2. The van der Waals surface area contributed by atoms with Crippen molar-refractivity contribution in [1.82, 2.24) is 34.4 Å². The Morgan fingerprint density at radius 1 is 1.12 bits per heavy atom. The van der Waals surface area contributed by atoms with Crippen LogP contribution in [-0.4, -0.2) is 85.8 Å². The quantitative estimate of drug-likeness (QED) is 0.457. The fourth-order valence-electron chi connectivity index (χ4n) is 4.52. The smallest absolute Gasteiger partial charge is 0.280 e. The maximum atomic E-state index is 14.9. The third-order valence-corrected chi connectivity index (χ3v) is 6.42. The van der Waals surface area contributed by atoms with Gasteiger partial charge in [-0.05, 0) is 24.6 Å². The number of anilines is 2. The van der Waals surface area contributed by atoms with Crippen LogP contribution < -0.4 is 10.6 Å². The molecule has 2 fully saturated rings. The number of pyridine rings is 1. The maximum Gasteiger partial charge on any atom is 0.280 e. The molecule has 2 saturated heterocycles. The second-order valence-corrected chi connectivity index (χ2v) is 8.56. The zero-order chi connectivity index (χ0) is 23.3. The van der Waals surface area contributed by atoms with Crippen LogP contribution in [0.4, 0.5) is 20.5 Å². The molecule has 0 amide bonds. The van der Waals surface area contributed by atoms with Crippen molar-refractivity contribution in [2.45, 2.75) is 24.4 Å². The Hall–Kier alpha value is -3.51. The third-order valence-electron chi connectivity index (χ3n) is 6.42. The van der Waals surface area contributed by atoms with Crippen LogP contribution in [0.15, 0.2) is 36.8 Å². The van der Waals surface area contributed by atoms with Crippen molar-refractivity contribution in [2.75, 3.05) is 44.0 Å². The van der Waals surface area contributed by atoms with E-state index in [1.54, 1.807) is 30.2 Å². The van der Waals surface area contributed by atoms with Crippen molar-refractivity contribution >= 4 is 28.4 Å². The van der Waals surface area contributed by atoms with Gasteiger partial charge in [-0.2, -0.15) is 4.98 Å². The fraction of sp³-hybridized carbons (Fsp3) is 0.409. The van der Waals surface area contributed by atoms with Crippen LogP contribution in [-0.2, 0) is 4.74 Å². The standard InChI is InChI=1S/C22H23F2N9O/c1-25-20-18-14(15-2-3-16-19(28-15)27-7-6-26-16)4-9-33(18)31-21(30-20)29-17-5-8-32(12-22(17,23)24)13-10-34-11-13/h2-4,6-7,9,13,17H,5,8,10-12H2,1H3,(H2,25,29,30,31)/t17-/m0/s1. The van der Waals surface area contributed by atoms with Gasteiger partial charge in [0.25, 0.3) is 5.92 Å². The molecule has 2 aliphatic heterocycles. The lowest BCUT2D eigenvalue weighted by molar-refractivity contribution is -0.131. The van der Waals surface area contributed by atoms with Gasteiger partial charge in [0.15, 0.2) is 11.5 Å². The normalized spacial score (nSPS) is 21.0. The van der Waals surface area contributed by atoms with Crippen molar-refractivity contribution in [3.05, 3.63) is 36.8 Å². The Morgan fingerprint density at radius 3 is 2.74 bits per heavy atom. The molecule has 0 aromatic carbocycles. The van der Waals surface area contributed by atoms with Crippen molar-refractivity contribution in [3.8, 4) is 11.3 Å². The number of nitrogens with one attached hydrogen (secondary N) is 2. The minimum absolute atomic E-state index is 0.0864. The van der Waals surface area contributed by atoms with Crippen LogP contribution in [0.1, 0.15) is 6.42 Å². The van der Waals surface area contributed by atoms with E-state index in [-0.39, 0.29) is 18.5 Å². The van der Waals surface area contributed by atoms with Crippen LogP contribution >= 0.6 is 0 Å². The largest absolute Gasteiger partial charge is 0.378 e. The maximum absolute atomic E-state index is 14.9. The predicted octanol–water partition coefficient (Wildman–Crippen LogP) is 2.30. The van der Waals surface area contributed by atoms with Crippen molar-refractivity contribution in [2.24, 2.45) is 0 Å². The molecule has 0 unspecified atom stereocenters. The average molecular weight is 467 g/mol. The highest BCUT2D eigenvalue weighted by atomic mass is 19.3. The Kier molecular flexibility index (Phi) is 4.99. The molecule has 2 aliphatic rings. The van der Waals surface area contributed by atoms with Crippen molar-refractivity contribution < 1.29 is 13.5 Å². The summed E-state index contributed by atoms with van der Waals surface area (Å²) in [5.74, 6) is -2.27. The zero-order valence-corrected chi connectivity index (χ0v) is 18.4. The minimum atomic E-state index is -2.91. The number of fused-ring (bicyclic) bond motifs is 2. The molecule has 0 aliphatic carbocycles. The topological polar surface area (TPSA) is 105 Å². The molecular formula is C22H23F2N9O. The molecule has 10 nitrogen and oxygen atoms in total. The number of rotatable bonds is 5. The second-order valence-electron chi connectivity index (χ2n) is 8.56. The second kappa shape index (κ2) is 8.06. The zero-order valence-electron chi connectivity index (χ0n) is 18.4. The lowest BCUT2D eigenvalue weighted by Gasteiger charge is -2.44. The van der Waals surface area contributed by atoms with Crippen LogP contribution in [0.5, 0.6) is 0 Å². The molecule has 176 valence electrons. The molecule has 0 radical (unpaired) electrons. The molecule has 12 heteroatoms. The summed E-state index contributed by atoms with van der Waals surface area (Å²) in [5, 5.41) is 10.4. The summed E-state index contributed by atoms with van der Waals surface area (Å²) in [5.41, 5.74) is 3.41. The molecular weight excluding hydrogens is 444 g/mol. The van der Waals surface area contributed by atoms with Crippen LogP contribution in [0.2, 0.25) is 0 Å². The number of halogens is 2. The van der Waals surface area contributed by atoms with Gasteiger partial charge in [0, 0.05) is 37.7 Å². The molecule has 34 heavy (non-hydrogen) atoms. The van der Waals surface area contributed by atoms with Gasteiger partial charge in [0.1, 0.15) is 11.0 Å². The van der Waals surface area contributed by atoms with Crippen molar-refractivity contribution in [3.63, 3.8) is 0 Å². The summed E-state index contributed by atoms with van der Waals surface area (Å²) in [6.07, 6.45) is 5.27. The number of alkyl halides is 2. The van der Waals surface area contributed by atoms with Crippen LogP contribution in [0.3, 0.4) is 0 Å². The number of piperidine rings is 1. The first kappa shape index (κ1) is 21.1. The number of likely N-dealkylation sites (tertiary alicyclic amines) is 1. The summed E-state index contributed by atoms with van der Waals surface area (Å²) in [6, 6.07) is 4.62. The predicted molar refractivity (Wildman–Crippen MR) is 122 cm³/mol.